The van der Waals surface area contributed by atoms with E-state index in [1.807, 2.05) is 30.3 Å². The lowest BCUT2D eigenvalue weighted by molar-refractivity contribution is 0.601. The lowest BCUT2D eigenvalue weighted by Crippen LogP contribution is -2.37. The Balaban J connectivity index is 1.43. The number of hydrogen-bond acceptors (Lipinski definition) is 7. The molecule has 10 nitrogen and oxygen atoms in total. The van der Waals surface area contributed by atoms with Gasteiger partial charge in [0.25, 0.3) is 15.6 Å². The molecule has 0 aliphatic rings. The average molecular weight is 544 g/mol. The molecule has 190 valence electrons. The van der Waals surface area contributed by atoms with Crippen molar-refractivity contribution in [1.82, 2.24) is 14.6 Å². The van der Waals surface area contributed by atoms with Crippen molar-refractivity contribution in [2.45, 2.75) is 4.90 Å². The highest BCUT2D eigenvalue weighted by molar-refractivity contribution is 7.92. The zero-order valence-electron chi connectivity index (χ0n) is 19.7. The second-order valence-corrected chi connectivity index (χ2v) is 10.1. The van der Waals surface area contributed by atoms with E-state index in [4.69, 9.17) is 12.2 Å². The van der Waals surface area contributed by atoms with Gasteiger partial charge in [0.1, 0.15) is 5.82 Å². The molecule has 0 aliphatic heterocycles. The lowest BCUT2D eigenvalue weighted by atomic mass is 10.2. The summed E-state index contributed by atoms with van der Waals surface area (Å²) in [6.07, 6.45) is 1.50. The van der Waals surface area contributed by atoms with Crippen molar-refractivity contribution >= 4 is 61.4 Å². The molecule has 5 aromatic rings. The van der Waals surface area contributed by atoms with Crippen molar-refractivity contribution in [3.8, 4) is 0 Å². The number of rotatable bonds is 7. The van der Waals surface area contributed by atoms with Crippen LogP contribution < -0.4 is 26.3 Å². The quantitative estimate of drug-likeness (QED) is 0.222. The normalized spacial score (nSPS) is 11.1. The van der Waals surface area contributed by atoms with E-state index >= 15 is 0 Å². The van der Waals surface area contributed by atoms with Crippen LogP contribution in [0.3, 0.4) is 0 Å². The molecule has 2 aromatic heterocycles. The Bertz CT molecular complexity index is 1760. The number of anilines is 4. The van der Waals surface area contributed by atoms with Gasteiger partial charge in [0.15, 0.2) is 5.11 Å². The maximum absolute atomic E-state index is 13.3. The third-order valence-corrected chi connectivity index (χ3v) is 6.91. The molecule has 0 radical (unpaired) electrons. The molecule has 4 N–H and O–H groups in total. The summed E-state index contributed by atoms with van der Waals surface area (Å²) in [5.74, 6) is 0.373. The van der Waals surface area contributed by atoms with Crippen molar-refractivity contribution in [3.05, 3.63) is 114 Å². The zero-order valence-corrected chi connectivity index (χ0v) is 21.3. The summed E-state index contributed by atoms with van der Waals surface area (Å²) < 4.78 is 29.1. The van der Waals surface area contributed by atoms with E-state index in [0.29, 0.717) is 16.6 Å². The van der Waals surface area contributed by atoms with Gasteiger partial charge in [-0.1, -0.05) is 36.4 Å². The number of pyridine rings is 1. The van der Waals surface area contributed by atoms with Crippen LogP contribution in [0.25, 0.3) is 10.9 Å². The van der Waals surface area contributed by atoms with Gasteiger partial charge < -0.3 is 10.6 Å². The second-order valence-electron chi connectivity index (χ2n) is 7.99. The van der Waals surface area contributed by atoms with Gasteiger partial charge in [-0.15, -0.1) is 0 Å². The van der Waals surface area contributed by atoms with Crippen LogP contribution in [0, 0.1) is 0 Å². The molecule has 0 unspecified atom stereocenters. The van der Waals surface area contributed by atoms with E-state index in [2.05, 4.69) is 30.7 Å². The number of fused-ring (bicyclic) bond motifs is 1. The topological polar surface area (TPSA) is 130 Å². The number of hydrogen-bond donors (Lipinski definition) is 4. The Labute approximate surface area is 223 Å². The first-order valence-corrected chi connectivity index (χ1v) is 13.2. The van der Waals surface area contributed by atoms with Crippen molar-refractivity contribution in [2.75, 3.05) is 20.8 Å². The predicted molar refractivity (Wildman–Crippen MR) is 153 cm³/mol. The van der Waals surface area contributed by atoms with Crippen LogP contribution >= 0.6 is 12.2 Å². The van der Waals surface area contributed by atoms with Crippen molar-refractivity contribution in [1.29, 1.82) is 0 Å². The molecule has 0 amide bonds. The monoisotopic (exact) mass is 543 g/mol. The minimum Gasteiger partial charge on any atom is -0.331 e. The Morgan fingerprint density at radius 1 is 0.816 bits per heavy atom. The molecule has 0 bridgehead atoms. The summed E-state index contributed by atoms with van der Waals surface area (Å²) in [7, 11) is -3.84. The third-order valence-electron chi connectivity index (χ3n) is 5.35. The summed E-state index contributed by atoms with van der Waals surface area (Å²) in [4.78, 5) is 21.9. The van der Waals surface area contributed by atoms with Crippen molar-refractivity contribution in [3.63, 3.8) is 0 Å². The Morgan fingerprint density at radius 2 is 1.53 bits per heavy atom. The van der Waals surface area contributed by atoms with Gasteiger partial charge in [-0.2, -0.15) is 4.68 Å². The molecule has 0 aliphatic carbocycles. The molecular weight excluding hydrogens is 522 g/mol. The molecule has 5 rings (SSSR count). The number of thiocarbonyl (C=S) groups is 1. The first-order chi connectivity index (χ1) is 18.4. The molecule has 12 heteroatoms. The van der Waals surface area contributed by atoms with E-state index < -0.39 is 10.0 Å². The number of nitrogens with one attached hydrogen (secondary N) is 4. The second kappa shape index (κ2) is 10.7. The van der Waals surface area contributed by atoms with Gasteiger partial charge >= 0.3 is 0 Å². The number of nitrogens with zero attached hydrogens (tertiary/aromatic N) is 3. The Kier molecular flexibility index (Phi) is 6.98. The molecular formula is C26H21N7O3S2. The molecule has 3 aromatic carbocycles. The largest absolute Gasteiger partial charge is 0.331 e. The minimum absolute atomic E-state index is 0.0453. The first-order valence-electron chi connectivity index (χ1n) is 11.3. The fraction of sp³-hybridized carbons (Fsp3) is 0. The van der Waals surface area contributed by atoms with E-state index in [-0.39, 0.29) is 27.3 Å². The summed E-state index contributed by atoms with van der Waals surface area (Å²) in [6, 6.07) is 27.2. The molecule has 2 heterocycles. The minimum atomic E-state index is -3.84. The number of para-hydroxylation sites is 2. The van der Waals surface area contributed by atoms with E-state index in [1.165, 1.54) is 23.0 Å². The molecule has 0 saturated carbocycles. The maximum atomic E-state index is 13.3. The van der Waals surface area contributed by atoms with E-state index in [9.17, 15) is 13.2 Å². The smallest absolute Gasteiger partial charge is 0.281 e. The summed E-state index contributed by atoms with van der Waals surface area (Å²) >= 11 is 5.42. The van der Waals surface area contributed by atoms with Crippen LogP contribution in [0.4, 0.5) is 23.1 Å². The zero-order chi connectivity index (χ0) is 26.5. The van der Waals surface area contributed by atoms with Gasteiger partial charge in [-0.3, -0.25) is 14.9 Å². The van der Waals surface area contributed by atoms with Crippen LogP contribution in [0.1, 0.15) is 0 Å². The highest BCUT2D eigenvalue weighted by Gasteiger charge is 2.16. The van der Waals surface area contributed by atoms with Gasteiger partial charge in [-0.05, 0) is 72.9 Å². The number of benzene rings is 3. The molecule has 0 saturated heterocycles. The number of sulfonamides is 1. The predicted octanol–water partition coefficient (Wildman–Crippen LogP) is 4.28. The molecule has 38 heavy (non-hydrogen) atoms. The van der Waals surface area contributed by atoms with Crippen LogP contribution in [0.2, 0.25) is 0 Å². The van der Waals surface area contributed by atoms with Gasteiger partial charge in [-0.25, -0.2) is 18.4 Å². The van der Waals surface area contributed by atoms with Gasteiger partial charge in [0.05, 0.1) is 15.8 Å². The number of aromatic nitrogens is 3. The third kappa shape index (κ3) is 5.61. The van der Waals surface area contributed by atoms with Crippen LogP contribution in [-0.4, -0.2) is 28.2 Å². The van der Waals surface area contributed by atoms with Crippen molar-refractivity contribution in [2.24, 2.45) is 0 Å². The SMILES string of the molecule is O=c1c2ccccc2nc(Nc2ccc(S(=O)(=O)Nc3ccccn3)cc2)n1NC(=S)Nc1ccccc1. The fourth-order valence-electron chi connectivity index (χ4n) is 3.57. The molecule has 0 atom stereocenters. The van der Waals surface area contributed by atoms with Crippen LogP contribution in [-0.2, 0) is 10.0 Å². The summed E-state index contributed by atoms with van der Waals surface area (Å²) in [6.45, 7) is 0. The average Bonchev–Trinajstić information content (AvgIpc) is 2.92. The van der Waals surface area contributed by atoms with Crippen LogP contribution in [0.15, 0.2) is 113 Å². The molecule has 0 spiro atoms. The molecule has 0 fully saturated rings. The van der Waals surface area contributed by atoms with Gasteiger partial charge in [0.2, 0.25) is 5.95 Å². The first kappa shape index (κ1) is 24.9. The van der Waals surface area contributed by atoms with Crippen molar-refractivity contribution < 1.29 is 8.42 Å². The summed E-state index contributed by atoms with van der Waals surface area (Å²) in [5.41, 5.74) is 4.26. The van der Waals surface area contributed by atoms with E-state index in [1.54, 1.807) is 54.6 Å². The lowest BCUT2D eigenvalue weighted by Gasteiger charge is -2.17. The highest BCUT2D eigenvalue weighted by atomic mass is 32.2. The van der Waals surface area contributed by atoms with Gasteiger partial charge in [0, 0.05) is 17.6 Å². The van der Waals surface area contributed by atoms with Crippen LogP contribution in [0.5, 0.6) is 0 Å². The maximum Gasteiger partial charge on any atom is 0.281 e. The standard InChI is InChI=1S/C26H21N7O3S2/c34-24-21-10-4-5-11-22(21)30-25(33(24)31-26(37)29-18-8-2-1-3-9-18)28-19-13-15-20(16-14-19)38(35,36)32-23-12-6-7-17-27-23/h1-17H,(H,27,32)(H,28,30)(H2,29,31,37). The fourth-order valence-corrected chi connectivity index (χ4v) is 4.79. The Morgan fingerprint density at radius 3 is 2.26 bits per heavy atom. The Hall–Kier alpha value is -4.81. The summed E-state index contributed by atoms with van der Waals surface area (Å²) in [5, 5.41) is 6.68. The highest BCUT2D eigenvalue weighted by Crippen LogP contribution is 2.20. The van der Waals surface area contributed by atoms with E-state index in [0.717, 1.165) is 5.69 Å².